The summed E-state index contributed by atoms with van der Waals surface area (Å²) in [7, 11) is 0. The Hall–Kier alpha value is -1.24. The Kier molecular flexibility index (Phi) is 3.88. The predicted octanol–water partition coefficient (Wildman–Crippen LogP) is 4.08. The number of benzene rings is 1. The standard InChI is InChI=1S/C13H10BrClN2/c14-4-5-17-8-11(7-16)13(9-17)10-2-1-3-12(15)6-10/h1-3,6,8-9H,4-5H2. The van der Waals surface area contributed by atoms with Crippen LogP contribution in [0.3, 0.4) is 0 Å². The van der Waals surface area contributed by atoms with Gasteiger partial charge in [0.1, 0.15) is 6.07 Å². The molecule has 0 fully saturated rings. The molecule has 2 rings (SSSR count). The topological polar surface area (TPSA) is 28.7 Å². The highest BCUT2D eigenvalue weighted by atomic mass is 79.9. The summed E-state index contributed by atoms with van der Waals surface area (Å²) in [5, 5.41) is 10.7. The van der Waals surface area contributed by atoms with Crippen molar-refractivity contribution in [3.8, 4) is 17.2 Å². The van der Waals surface area contributed by atoms with Gasteiger partial charge in [-0.3, -0.25) is 0 Å². The van der Waals surface area contributed by atoms with Crippen LogP contribution in [0.4, 0.5) is 0 Å². The largest absolute Gasteiger partial charge is 0.351 e. The van der Waals surface area contributed by atoms with Gasteiger partial charge >= 0.3 is 0 Å². The van der Waals surface area contributed by atoms with Crippen molar-refractivity contribution in [3.63, 3.8) is 0 Å². The molecule has 0 bridgehead atoms. The Morgan fingerprint density at radius 3 is 2.82 bits per heavy atom. The van der Waals surface area contributed by atoms with Gasteiger partial charge in [-0.2, -0.15) is 5.26 Å². The summed E-state index contributed by atoms with van der Waals surface area (Å²) in [6.07, 6.45) is 3.84. The van der Waals surface area contributed by atoms with Gasteiger partial charge in [-0.1, -0.05) is 39.7 Å². The first-order valence-corrected chi connectivity index (χ1v) is 6.66. The van der Waals surface area contributed by atoms with Crippen molar-refractivity contribution < 1.29 is 0 Å². The van der Waals surface area contributed by atoms with E-state index in [1.54, 1.807) is 0 Å². The van der Waals surface area contributed by atoms with Crippen LogP contribution in [0.2, 0.25) is 5.02 Å². The Balaban J connectivity index is 2.47. The van der Waals surface area contributed by atoms with Gasteiger partial charge in [0.15, 0.2) is 0 Å². The lowest BCUT2D eigenvalue weighted by Crippen LogP contribution is -1.93. The van der Waals surface area contributed by atoms with E-state index in [9.17, 15) is 0 Å². The van der Waals surface area contributed by atoms with E-state index < -0.39 is 0 Å². The zero-order chi connectivity index (χ0) is 12.3. The van der Waals surface area contributed by atoms with Crippen molar-refractivity contribution in [2.24, 2.45) is 0 Å². The molecule has 2 aromatic rings. The van der Waals surface area contributed by atoms with Crippen LogP contribution in [0, 0.1) is 11.3 Å². The number of hydrogen-bond donors (Lipinski definition) is 0. The SMILES string of the molecule is N#Cc1cn(CCBr)cc1-c1cccc(Cl)c1. The zero-order valence-electron chi connectivity index (χ0n) is 9.03. The van der Waals surface area contributed by atoms with Gasteiger partial charge in [-0.15, -0.1) is 0 Å². The molecule has 0 spiro atoms. The molecule has 0 saturated heterocycles. The maximum Gasteiger partial charge on any atom is 0.101 e. The summed E-state index contributed by atoms with van der Waals surface area (Å²) in [6, 6.07) is 9.76. The molecule has 0 amide bonds. The van der Waals surface area contributed by atoms with E-state index >= 15 is 0 Å². The molecule has 86 valence electrons. The van der Waals surface area contributed by atoms with Gasteiger partial charge in [0, 0.05) is 34.9 Å². The molecule has 0 saturated carbocycles. The normalized spacial score (nSPS) is 10.2. The van der Waals surface area contributed by atoms with E-state index in [2.05, 4.69) is 22.0 Å². The number of hydrogen-bond acceptors (Lipinski definition) is 1. The molecule has 0 aliphatic heterocycles. The number of nitrogens with zero attached hydrogens (tertiary/aromatic N) is 2. The first-order valence-electron chi connectivity index (χ1n) is 5.16. The summed E-state index contributed by atoms with van der Waals surface area (Å²) in [5.41, 5.74) is 2.58. The third kappa shape index (κ3) is 2.71. The molecule has 17 heavy (non-hydrogen) atoms. The quantitative estimate of drug-likeness (QED) is 0.786. The van der Waals surface area contributed by atoms with E-state index in [1.165, 1.54) is 0 Å². The molecule has 4 heteroatoms. The molecule has 0 radical (unpaired) electrons. The van der Waals surface area contributed by atoms with E-state index in [1.807, 2.05) is 41.2 Å². The van der Waals surface area contributed by atoms with Gasteiger partial charge in [-0.05, 0) is 17.7 Å². The molecular formula is C13H10BrClN2. The minimum absolute atomic E-state index is 0.674. The summed E-state index contributed by atoms with van der Waals surface area (Å²) < 4.78 is 2.00. The van der Waals surface area contributed by atoms with Gasteiger partial charge in [-0.25, -0.2) is 0 Å². The maximum absolute atomic E-state index is 9.12. The minimum Gasteiger partial charge on any atom is -0.351 e. The Morgan fingerprint density at radius 1 is 1.35 bits per heavy atom. The van der Waals surface area contributed by atoms with Crippen LogP contribution in [0.25, 0.3) is 11.1 Å². The zero-order valence-corrected chi connectivity index (χ0v) is 11.4. The first kappa shape index (κ1) is 12.2. The lowest BCUT2D eigenvalue weighted by Gasteiger charge is -1.99. The van der Waals surface area contributed by atoms with Crippen LogP contribution in [-0.4, -0.2) is 9.90 Å². The molecule has 1 heterocycles. The first-order chi connectivity index (χ1) is 8.24. The summed E-state index contributed by atoms with van der Waals surface area (Å²) in [5.74, 6) is 0. The Morgan fingerprint density at radius 2 is 2.18 bits per heavy atom. The fourth-order valence-corrected chi connectivity index (χ4v) is 2.31. The number of aryl methyl sites for hydroxylation is 1. The molecule has 0 aliphatic carbocycles. The van der Waals surface area contributed by atoms with Crippen molar-refractivity contribution in [2.45, 2.75) is 6.54 Å². The summed E-state index contributed by atoms with van der Waals surface area (Å²) >= 11 is 9.35. The fourth-order valence-electron chi connectivity index (χ4n) is 1.71. The molecule has 0 aliphatic rings. The molecule has 1 aromatic heterocycles. The number of nitriles is 1. The highest BCUT2D eigenvalue weighted by molar-refractivity contribution is 9.09. The average molecular weight is 310 g/mol. The van der Waals surface area contributed by atoms with E-state index in [0.29, 0.717) is 10.6 Å². The molecule has 2 nitrogen and oxygen atoms in total. The summed E-state index contributed by atoms with van der Waals surface area (Å²) in [4.78, 5) is 0. The number of alkyl halides is 1. The van der Waals surface area contributed by atoms with Gasteiger partial charge in [0.25, 0.3) is 0 Å². The van der Waals surface area contributed by atoms with Crippen LogP contribution >= 0.6 is 27.5 Å². The Labute approximate surface area is 114 Å². The van der Waals surface area contributed by atoms with Crippen molar-refractivity contribution in [1.29, 1.82) is 5.26 Å². The van der Waals surface area contributed by atoms with Gasteiger partial charge in [0.2, 0.25) is 0 Å². The van der Waals surface area contributed by atoms with E-state index in [-0.39, 0.29) is 0 Å². The van der Waals surface area contributed by atoms with Crippen molar-refractivity contribution in [2.75, 3.05) is 5.33 Å². The molecule has 0 atom stereocenters. The van der Waals surface area contributed by atoms with Gasteiger partial charge < -0.3 is 4.57 Å². The van der Waals surface area contributed by atoms with Crippen molar-refractivity contribution in [3.05, 3.63) is 47.2 Å². The molecule has 1 aromatic carbocycles. The van der Waals surface area contributed by atoms with E-state index in [0.717, 1.165) is 23.0 Å². The molecule has 0 N–H and O–H groups in total. The smallest absolute Gasteiger partial charge is 0.101 e. The van der Waals surface area contributed by atoms with Crippen molar-refractivity contribution in [1.82, 2.24) is 4.57 Å². The predicted molar refractivity (Wildman–Crippen MR) is 73.4 cm³/mol. The highest BCUT2D eigenvalue weighted by Crippen LogP contribution is 2.26. The monoisotopic (exact) mass is 308 g/mol. The third-order valence-electron chi connectivity index (χ3n) is 2.48. The summed E-state index contributed by atoms with van der Waals surface area (Å²) in [6.45, 7) is 0.843. The second kappa shape index (κ2) is 5.39. The average Bonchev–Trinajstić information content (AvgIpc) is 2.73. The second-order valence-corrected chi connectivity index (χ2v) is 4.86. The van der Waals surface area contributed by atoms with Crippen LogP contribution in [0.1, 0.15) is 5.56 Å². The number of rotatable bonds is 3. The Bertz CT molecular complexity index is 569. The molecule has 0 unspecified atom stereocenters. The number of aromatic nitrogens is 1. The lowest BCUT2D eigenvalue weighted by atomic mass is 10.1. The van der Waals surface area contributed by atoms with Crippen LogP contribution in [0.15, 0.2) is 36.7 Å². The van der Waals surface area contributed by atoms with Crippen LogP contribution in [0.5, 0.6) is 0 Å². The molecular weight excluding hydrogens is 300 g/mol. The van der Waals surface area contributed by atoms with E-state index in [4.69, 9.17) is 16.9 Å². The fraction of sp³-hybridized carbons (Fsp3) is 0.154. The van der Waals surface area contributed by atoms with Crippen LogP contribution in [-0.2, 0) is 6.54 Å². The minimum atomic E-state index is 0.674. The maximum atomic E-state index is 9.12. The lowest BCUT2D eigenvalue weighted by molar-refractivity contribution is 0.782. The second-order valence-electron chi connectivity index (χ2n) is 3.63. The van der Waals surface area contributed by atoms with Gasteiger partial charge in [0.05, 0.1) is 5.56 Å². The third-order valence-corrected chi connectivity index (χ3v) is 3.07. The highest BCUT2D eigenvalue weighted by Gasteiger charge is 2.08. The van der Waals surface area contributed by atoms with Crippen LogP contribution < -0.4 is 0 Å². The van der Waals surface area contributed by atoms with Crippen molar-refractivity contribution >= 4 is 27.5 Å². The number of halogens is 2.